The zero-order valence-corrected chi connectivity index (χ0v) is 34.5. The van der Waals surface area contributed by atoms with Crippen LogP contribution in [0.3, 0.4) is 0 Å². The molecule has 0 spiro atoms. The van der Waals surface area contributed by atoms with Crippen LogP contribution in [-0.4, -0.2) is 155 Å². The molecule has 2 aromatic carbocycles. The number of ether oxygens (including phenoxy) is 6. The number of carbonyl (C=O) groups is 6. The molecular formula is C42H53FN6O12. The van der Waals surface area contributed by atoms with Gasteiger partial charge in [-0.15, -0.1) is 0 Å². The van der Waals surface area contributed by atoms with Crippen LogP contribution in [0.25, 0.3) is 10.8 Å². The maximum absolute atomic E-state index is 15.0. The van der Waals surface area contributed by atoms with E-state index in [2.05, 4.69) is 20.4 Å². The molecule has 2 saturated heterocycles. The number of likely N-dealkylation sites (tertiary alicyclic amines) is 1. The highest BCUT2D eigenvalue weighted by atomic mass is 19.1. The minimum absolute atomic E-state index is 0.0364. The van der Waals surface area contributed by atoms with Crippen molar-refractivity contribution in [3.05, 3.63) is 65.4 Å². The Morgan fingerprint density at radius 2 is 1.59 bits per heavy atom. The van der Waals surface area contributed by atoms with E-state index in [-0.39, 0.29) is 50.3 Å². The second-order valence-corrected chi connectivity index (χ2v) is 14.3. The summed E-state index contributed by atoms with van der Waals surface area (Å²) >= 11 is 0. The predicted molar refractivity (Wildman–Crippen MR) is 218 cm³/mol. The summed E-state index contributed by atoms with van der Waals surface area (Å²) in [5, 5.41) is 6.68. The third kappa shape index (κ3) is 11.6. The summed E-state index contributed by atoms with van der Waals surface area (Å²) in [6, 6.07) is 9.96. The van der Waals surface area contributed by atoms with E-state index in [1.807, 2.05) is 6.92 Å². The lowest BCUT2D eigenvalue weighted by atomic mass is 9.96. The highest BCUT2D eigenvalue weighted by Gasteiger charge is 2.48. The van der Waals surface area contributed by atoms with Crippen molar-refractivity contribution in [1.29, 1.82) is 0 Å². The van der Waals surface area contributed by atoms with Gasteiger partial charge in [-0.3, -0.25) is 39.0 Å². The largest absolute Gasteiger partial charge is 0.475 e. The monoisotopic (exact) mass is 852 g/mol. The van der Waals surface area contributed by atoms with Gasteiger partial charge in [-0.25, -0.2) is 9.37 Å². The molecular weight excluding hydrogens is 799 g/mol. The van der Waals surface area contributed by atoms with Gasteiger partial charge in [0.1, 0.15) is 12.6 Å². The van der Waals surface area contributed by atoms with E-state index in [0.717, 1.165) is 4.90 Å². The van der Waals surface area contributed by atoms with Gasteiger partial charge in [0.15, 0.2) is 6.17 Å². The van der Waals surface area contributed by atoms with Crippen molar-refractivity contribution in [1.82, 2.24) is 20.1 Å². The number of primary amides is 1. The Labute approximate surface area is 352 Å². The third-order valence-electron chi connectivity index (χ3n) is 10.3. The second kappa shape index (κ2) is 22.8. The standard InChI is InChI=1S/C40H47FN6O11.C2H6O/c1-2-26-31(23-58-37-27-7-6-25(35(42)49)22-24(27)10-11-44-37)46(40(53)34(26)41)13-15-55-17-19-57-21-20-56-18-16-54-14-12-43-29-5-3-4-28-33(29)39(52)47(38(28)51)30-8-9-32(48)45-36(30)50;1-3-2/h3-7,10-11,22,26,30-31,34,43H,2,8-9,12-21,23H2,1H3,(H2,42,49)(H,45,48,50);1-2H3. The lowest BCUT2D eigenvalue weighted by Gasteiger charge is -2.27. The number of imide groups is 2. The van der Waals surface area contributed by atoms with Gasteiger partial charge >= 0.3 is 0 Å². The van der Waals surface area contributed by atoms with Crippen LogP contribution in [0.2, 0.25) is 0 Å². The molecule has 0 bridgehead atoms. The van der Waals surface area contributed by atoms with E-state index in [1.54, 1.807) is 56.8 Å². The highest BCUT2D eigenvalue weighted by Crippen LogP contribution is 2.34. The number of hydrogen-bond donors (Lipinski definition) is 3. The number of fused-ring (bicyclic) bond motifs is 2. The van der Waals surface area contributed by atoms with Gasteiger partial charge in [0.25, 0.3) is 17.7 Å². The number of hydrogen-bond acceptors (Lipinski definition) is 14. The van der Waals surface area contributed by atoms with E-state index in [9.17, 15) is 28.8 Å². The van der Waals surface area contributed by atoms with Gasteiger partial charge in [-0.05, 0) is 54.6 Å². The topological polar surface area (TPSA) is 227 Å². The summed E-state index contributed by atoms with van der Waals surface area (Å²) in [5.74, 6) is -3.64. The molecule has 4 atom stereocenters. The predicted octanol–water partition coefficient (Wildman–Crippen LogP) is 2.13. The number of carbonyl (C=O) groups excluding carboxylic acids is 6. The van der Waals surface area contributed by atoms with Crippen LogP contribution in [0.15, 0.2) is 48.7 Å². The third-order valence-corrected chi connectivity index (χ3v) is 10.3. The van der Waals surface area contributed by atoms with Crippen LogP contribution < -0.4 is 21.1 Å². The Bertz CT molecular complexity index is 2040. The zero-order valence-electron chi connectivity index (χ0n) is 34.5. The molecule has 4 N–H and O–H groups in total. The fourth-order valence-electron chi connectivity index (χ4n) is 7.33. The fraction of sp³-hybridized carbons (Fsp3) is 0.500. The molecule has 61 heavy (non-hydrogen) atoms. The van der Waals surface area contributed by atoms with E-state index < -0.39 is 59.6 Å². The molecule has 0 radical (unpaired) electrons. The average molecular weight is 853 g/mol. The molecule has 0 aliphatic carbocycles. The van der Waals surface area contributed by atoms with Crippen molar-refractivity contribution in [3.63, 3.8) is 0 Å². The minimum Gasteiger partial charge on any atom is -0.475 e. The molecule has 19 heteroatoms. The van der Waals surface area contributed by atoms with Crippen molar-refractivity contribution < 1.29 is 61.6 Å². The fourth-order valence-corrected chi connectivity index (χ4v) is 7.33. The van der Waals surface area contributed by atoms with Gasteiger partial charge in [-0.2, -0.15) is 0 Å². The van der Waals surface area contributed by atoms with E-state index in [1.165, 1.54) is 11.0 Å². The Morgan fingerprint density at radius 3 is 2.25 bits per heavy atom. The molecule has 4 unspecified atom stereocenters. The highest BCUT2D eigenvalue weighted by molar-refractivity contribution is 6.25. The number of nitrogens with one attached hydrogen (secondary N) is 2. The number of nitrogens with zero attached hydrogens (tertiary/aromatic N) is 3. The number of methoxy groups -OCH3 is 1. The molecule has 0 saturated carbocycles. The van der Waals surface area contributed by atoms with Gasteiger partial charge in [-0.1, -0.05) is 13.0 Å². The molecule has 6 amide bonds. The average Bonchev–Trinajstić information content (AvgIpc) is 3.64. The number of alkyl halides is 1. The molecule has 18 nitrogen and oxygen atoms in total. The first-order chi connectivity index (χ1) is 29.5. The van der Waals surface area contributed by atoms with Crippen LogP contribution in [0.5, 0.6) is 5.88 Å². The van der Waals surface area contributed by atoms with Crippen molar-refractivity contribution >= 4 is 51.9 Å². The van der Waals surface area contributed by atoms with Gasteiger partial charge in [0, 0.05) is 62.5 Å². The number of benzene rings is 2. The van der Waals surface area contributed by atoms with Crippen molar-refractivity contribution in [2.24, 2.45) is 11.7 Å². The van der Waals surface area contributed by atoms with E-state index in [0.29, 0.717) is 80.5 Å². The summed E-state index contributed by atoms with van der Waals surface area (Å²) in [6.07, 6.45) is 0.482. The molecule has 1 aromatic heterocycles. The van der Waals surface area contributed by atoms with Crippen molar-refractivity contribution in [2.75, 3.05) is 92.1 Å². The minimum atomic E-state index is -1.64. The Balaban J connectivity index is 0.00000228. The molecule has 2 fully saturated rings. The second-order valence-electron chi connectivity index (χ2n) is 14.3. The van der Waals surface area contributed by atoms with Gasteiger partial charge < -0.3 is 44.4 Å². The Kier molecular flexibility index (Phi) is 17.4. The molecule has 3 aromatic rings. The number of nitrogens with two attached hydrogens (primary N) is 1. The first-order valence-electron chi connectivity index (χ1n) is 20.1. The SMILES string of the molecule is CCC1C(F)C(=O)N(CCOCCOCCOCCOCCNc2cccc3c2C(=O)N(C2CCC(=O)NC2=O)C3=O)C1COc1nccc2cc(C(N)=O)ccc12.COC. The lowest BCUT2D eigenvalue weighted by molar-refractivity contribution is -0.136. The van der Waals surface area contributed by atoms with Crippen molar-refractivity contribution in [3.8, 4) is 5.88 Å². The summed E-state index contributed by atoms with van der Waals surface area (Å²) in [6.45, 7) is 4.73. The number of piperidine rings is 1. The summed E-state index contributed by atoms with van der Waals surface area (Å²) < 4.78 is 47.7. The number of rotatable bonds is 22. The lowest BCUT2D eigenvalue weighted by Crippen LogP contribution is -2.54. The number of pyridine rings is 1. The number of amides is 6. The maximum Gasteiger partial charge on any atom is 0.264 e. The summed E-state index contributed by atoms with van der Waals surface area (Å²) in [4.78, 5) is 81.2. The van der Waals surface area contributed by atoms with E-state index in [4.69, 9.17) is 29.4 Å². The molecule has 3 aliphatic heterocycles. The van der Waals surface area contributed by atoms with Gasteiger partial charge in [0.2, 0.25) is 23.6 Å². The van der Waals surface area contributed by atoms with Crippen LogP contribution in [0.4, 0.5) is 10.1 Å². The van der Waals surface area contributed by atoms with Gasteiger partial charge in [0.05, 0.1) is 70.0 Å². The molecule has 4 heterocycles. The smallest absolute Gasteiger partial charge is 0.264 e. The molecule has 6 rings (SSSR count). The van der Waals surface area contributed by atoms with Crippen LogP contribution in [0, 0.1) is 5.92 Å². The zero-order chi connectivity index (χ0) is 43.9. The van der Waals surface area contributed by atoms with Crippen LogP contribution >= 0.6 is 0 Å². The van der Waals surface area contributed by atoms with Crippen molar-refractivity contribution in [2.45, 2.75) is 44.4 Å². The number of aromatic nitrogens is 1. The first-order valence-corrected chi connectivity index (χ1v) is 20.1. The molecule has 3 aliphatic rings. The normalized spacial score (nSPS) is 19.8. The number of halogens is 1. The Hall–Kier alpha value is -5.60. The summed E-state index contributed by atoms with van der Waals surface area (Å²) in [5.41, 5.74) is 6.58. The van der Waals surface area contributed by atoms with Crippen LogP contribution in [0.1, 0.15) is 57.3 Å². The van der Waals surface area contributed by atoms with Crippen LogP contribution in [-0.2, 0) is 38.1 Å². The Morgan fingerprint density at radius 1 is 0.918 bits per heavy atom. The first kappa shape index (κ1) is 46.5. The quantitative estimate of drug-likeness (QED) is 0.0973. The maximum atomic E-state index is 15.0. The number of anilines is 1. The molecule has 330 valence electrons. The van der Waals surface area contributed by atoms with E-state index >= 15 is 4.39 Å². The summed E-state index contributed by atoms with van der Waals surface area (Å²) in [7, 11) is 3.25.